The molecule has 0 aromatic carbocycles. The summed E-state index contributed by atoms with van der Waals surface area (Å²) in [4.78, 5) is 12.2. The number of nitrogen functional groups attached to an aromatic ring is 1. The van der Waals surface area contributed by atoms with Crippen LogP contribution in [-0.2, 0) is 7.05 Å². The number of nitrogens with two attached hydrogens (primary N) is 1. The van der Waals surface area contributed by atoms with Crippen LogP contribution in [0.15, 0.2) is 0 Å². The van der Waals surface area contributed by atoms with Gasteiger partial charge in [-0.3, -0.25) is 9.48 Å². The number of amides is 1. The van der Waals surface area contributed by atoms with Crippen molar-refractivity contribution in [1.82, 2.24) is 15.1 Å². The fourth-order valence-electron chi connectivity index (χ4n) is 2.75. The SMILES string of the molecule is Cc1nn(C)c(C(=O)NCC2(O)CCC(C)CC2)c1N. The first-order valence-corrected chi connectivity index (χ1v) is 7.12. The molecule has 0 saturated heterocycles. The monoisotopic (exact) mass is 280 g/mol. The maximum atomic E-state index is 12.2. The van der Waals surface area contributed by atoms with Crippen LogP contribution in [0, 0.1) is 12.8 Å². The number of carbonyl (C=O) groups is 1. The van der Waals surface area contributed by atoms with Crippen molar-refractivity contribution in [3.8, 4) is 0 Å². The van der Waals surface area contributed by atoms with E-state index in [1.54, 1.807) is 14.0 Å². The number of nitrogens with one attached hydrogen (secondary N) is 1. The molecule has 6 heteroatoms. The lowest BCUT2D eigenvalue weighted by Gasteiger charge is -2.34. The quantitative estimate of drug-likeness (QED) is 0.769. The first kappa shape index (κ1) is 14.8. The van der Waals surface area contributed by atoms with Crippen LogP contribution in [0.3, 0.4) is 0 Å². The van der Waals surface area contributed by atoms with Crippen molar-refractivity contribution in [2.24, 2.45) is 13.0 Å². The van der Waals surface area contributed by atoms with Gasteiger partial charge in [-0.05, 0) is 38.5 Å². The number of aryl methyl sites for hydroxylation is 2. The smallest absolute Gasteiger partial charge is 0.271 e. The molecule has 0 atom stereocenters. The number of hydrogen-bond donors (Lipinski definition) is 3. The number of aromatic nitrogens is 2. The molecule has 1 aromatic heterocycles. The zero-order chi connectivity index (χ0) is 14.9. The minimum Gasteiger partial charge on any atom is -0.395 e. The van der Waals surface area contributed by atoms with Crippen LogP contribution >= 0.6 is 0 Å². The van der Waals surface area contributed by atoms with Gasteiger partial charge < -0.3 is 16.2 Å². The zero-order valence-electron chi connectivity index (χ0n) is 12.4. The molecule has 0 radical (unpaired) electrons. The van der Waals surface area contributed by atoms with E-state index in [2.05, 4.69) is 17.3 Å². The van der Waals surface area contributed by atoms with E-state index in [1.165, 1.54) is 4.68 Å². The van der Waals surface area contributed by atoms with Gasteiger partial charge in [0.05, 0.1) is 17.0 Å². The van der Waals surface area contributed by atoms with E-state index in [9.17, 15) is 9.90 Å². The van der Waals surface area contributed by atoms with Crippen molar-refractivity contribution in [1.29, 1.82) is 0 Å². The number of rotatable bonds is 3. The Kier molecular flexibility index (Phi) is 4.04. The largest absolute Gasteiger partial charge is 0.395 e. The zero-order valence-corrected chi connectivity index (χ0v) is 12.4. The summed E-state index contributed by atoms with van der Waals surface area (Å²) in [5, 5.41) is 17.4. The van der Waals surface area contributed by atoms with Gasteiger partial charge in [0, 0.05) is 13.6 Å². The minimum absolute atomic E-state index is 0.266. The van der Waals surface area contributed by atoms with Crippen LogP contribution in [0.25, 0.3) is 0 Å². The molecule has 1 aromatic rings. The van der Waals surface area contributed by atoms with E-state index < -0.39 is 5.60 Å². The topological polar surface area (TPSA) is 93.2 Å². The van der Waals surface area contributed by atoms with Crippen molar-refractivity contribution in [2.75, 3.05) is 12.3 Å². The Bertz CT molecular complexity index is 502. The van der Waals surface area contributed by atoms with Crippen molar-refractivity contribution in [2.45, 2.75) is 45.1 Å². The second-order valence-electron chi connectivity index (χ2n) is 6.06. The first-order valence-electron chi connectivity index (χ1n) is 7.12. The van der Waals surface area contributed by atoms with Crippen LogP contribution in [-0.4, -0.2) is 32.9 Å². The van der Waals surface area contributed by atoms with E-state index in [0.29, 0.717) is 23.0 Å². The standard InChI is InChI=1S/C14H24N4O2/c1-9-4-6-14(20,7-5-9)8-16-13(19)12-11(15)10(2)17-18(12)3/h9,20H,4-8,15H2,1-3H3,(H,16,19). The second-order valence-corrected chi connectivity index (χ2v) is 6.06. The summed E-state index contributed by atoms with van der Waals surface area (Å²) < 4.78 is 1.48. The molecule has 0 aliphatic heterocycles. The van der Waals surface area contributed by atoms with Crippen LogP contribution in [0.2, 0.25) is 0 Å². The second kappa shape index (κ2) is 5.44. The van der Waals surface area contributed by atoms with Gasteiger partial charge >= 0.3 is 0 Å². The van der Waals surface area contributed by atoms with Crippen molar-refractivity contribution < 1.29 is 9.90 Å². The maximum Gasteiger partial charge on any atom is 0.271 e. The predicted octanol–water partition coefficient (Wildman–Crippen LogP) is 0.982. The summed E-state index contributed by atoms with van der Waals surface area (Å²) in [6.45, 7) is 4.22. The van der Waals surface area contributed by atoms with Crippen LogP contribution in [0.4, 0.5) is 5.69 Å². The Labute approximate surface area is 119 Å². The number of nitrogens with zero attached hydrogens (tertiary/aromatic N) is 2. The molecule has 1 aliphatic carbocycles. The molecule has 1 fully saturated rings. The Hall–Kier alpha value is -1.56. The molecule has 112 valence electrons. The molecule has 1 heterocycles. The van der Waals surface area contributed by atoms with Gasteiger partial charge in [-0.2, -0.15) is 5.10 Å². The summed E-state index contributed by atoms with van der Waals surface area (Å²) in [5.74, 6) is 0.374. The van der Waals surface area contributed by atoms with Crippen molar-refractivity contribution >= 4 is 11.6 Å². The van der Waals surface area contributed by atoms with E-state index in [0.717, 1.165) is 25.7 Å². The van der Waals surface area contributed by atoms with Gasteiger partial charge in [-0.25, -0.2) is 0 Å². The summed E-state index contributed by atoms with van der Waals surface area (Å²) in [7, 11) is 1.69. The van der Waals surface area contributed by atoms with Crippen LogP contribution in [0.1, 0.15) is 48.8 Å². The van der Waals surface area contributed by atoms with Gasteiger partial charge in [-0.15, -0.1) is 0 Å². The van der Waals surface area contributed by atoms with Gasteiger partial charge in [0.25, 0.3) is 5.91 Å². The lowest BCUT2D eigenvalue weighted by molar-refractivity contribution is -0.00546. The average Bonchev–Trinajstić information content (AvgIpc) is 2.65. The summed E-state index contributed by atoms with van der Waals surface area (Å²) >= 11 is 0. The van der Waals surface area contributed by atoms with E-state index in [1.807, 2.05) is 0 Å². The number of aliphatic hydroxyl groups is 1. The molecule has 6 nitrogen and oxygen atoms in total. The molecule has 4 N–H and O–H groups in total. The highest BCUT2D eigenvalue weighted by molar-refractivity contribution is 5.97. The fraction of sp³-hybridized carbons (Fsp3) is 0.714. The summed E-state index contributed by atoms with van der Waals surface area (Å²) in [6.07, 6.45) is 3.46. The van der Waals surface area contributed by atoms with Crippen molar-refractivity contribution in [3.63, 3.8) is 0 Å². The number of hydrogen-bond acceptors (Lipinski definition) is 4. The Morgan fingerprint density at radius 1 is 1.55 bits per heavy atom. The van der Waals surface area contributed by atoms with E-state index >= 15 is 0 Å². The van der Waals surface area contributed by atoms with Crippen molar-refractivity contribution in [3.05, 3.63) is 11.4 Å². The highest BCUT2D eigenvalue weighted by Crippen LogP contribution is 2.31. The third-order valence-electron chi connectivity index (χ3n) is 4.27. The van der Waals surface area contributed by atoms with E-state index in [-0.39, 0.29) is 12.5 Å². The van der Waals surface area contributed by atoms with Gasteiger partial charge in [0.2, 0.25) is 0 Å². The molecule has 20 heavy (non-hydrogen) atoms. The molecule has 1 amide bonds. The van der Waals surface area contributed by atoms with Crippen LogP contribution in [0.5, 0.6) is 0 Å². The summed E-state index contributed by atoms with van der Waals surface area (Å²) in [6, 6.07) is 0. The first-order chi connectivity index (χ1) is 9.32. The van der Waals surface area contributed by atoms with Crippen LogP contribution < -0.4 is 11.1 Å². The lowest BCUT2D eigenvalue weighted by atomic mass is 9.79. The lowest BCUT2D eigenvalue weighted by Crippen LogP contribution is -2.45. The molecule has 0 unspecified atom stereocenters. The maximum absolute atomic E-state index is 12.2. The highest BCUT2D eigenvalue weighted by Gasteiger charge is 2.32. The Morgan fingerprint density at radius 3 is 2.65 bits per heavy atom. The molecule has 1 aliphatic rings. The van der Waals surface area contributed by atoms with Gasteiger partial charge in [0.1, 0.15) is 5.69 Å². The van der Waals surface area contributed by atoms with Gasteiger partial charge in [-0.1, -0.05) is 6.92 Å². The van der Waals surface area contributed by atoms with E-state index in [4.69, 9.17) is 5.73 Å². The Balaban J connectivity index is 1.99. The molecular weight excluding hydrogens is 256 g/mol. The van der Waals surface area contributed by atoms with Gasteiger partial charge in [0.15, 0.2) is 0 Å². The normalized spacial score (nSPS) is 26.5. The number of carbonyl (C=O) groups excluding carboxylic acids is 1. The molecule has 2 rings (SSSR count). The molecule has 0 bridgehead atoms. The minimum atomic E-state index is -0.787. The molecular formula is C14H24N4O2. The third kappa shape index (κ3) is 2.95. The highest BCUT2D eigenvalue weighted by atomic mass is 16.3. The molecule has 0 spiro atoms. The predicted molar refractivity (Wildman–Crippen MR) is 77.3 cm³/mol. The Morgan fingerprint density at radius 2 is 2.15 bits per heavy atom. The average molecular weight is 280 g/mol. The fourth-order valence-corrected chi connectivity index (χ4v) is 2.75. The third-order valence-corrected chi connectivity index (χ3v) is 4.27. The molecule has 1 saturated carbocycles. The summed E-state index contributed by atoms with van der Waals surface area (Å²) in [5.41, 5.74) is 6.47. The number of anilines is 1.